The van der Waals surface area contributed by atoms with Gasteiger partial charge >= 0.3 is 5.97 Å². The third-order valence-electron chi connectivity index (χ3n) is 3.31. The van der Waals surface area contributed by atoms with Gasteiger partial charge in [0.25, 0.3) is 0 Å². The minimum Gasteiger partial charge on any atom is -0.481 e. The average Bonchev–Trinajstić information content (AvgIpc) is 2.86. The zero-order valence-corrected chi connectivity index (χ0v) is 10.7. The number of nitrogens with one attached hydrogen (secondary N) is 2. The maximum Gasteiger partial charge on any atom is 0.310 e. The molecule has 0 fully saturated rings. The smallest absolute Gasteiger partial charge is 0.310 e. The Balaban J connectivity index is 2.54. The number of rotatable bonds is 7. The van der Waals surface area contributed by atoms with Crippen LogP contribution in [0.25, 0.3) is 0 Å². The first-order valence-electron chi connectivity index (χ1n) is 6.02. The summed E-state index contributed by atoms with van der Waals surface area (Å²) < 4.78 is 0. The summed E-state index contributed by atoms with van der Waals surface area (Å²) in [6.45, 7) is 3.86. The van der Waals surface area contributed by atoms with Gasteiger partial charge in [0.2, 0.25) is 5.91 Å². The molecular weight excluding hydrogens is 234 g/mol. The summed E-state index contributed by atoms with van der Waals surface area (Å²) >= 11 is 0. The van der Waals surface area contributed by atoms with Crippen LogP contribution in [-0.4, -0.2) is 27.0 Å². The van der Waals surface area contributed by atoms with Crippen LogP contribution in [0, 0.1) is 5.41 Å². The van der Waals surface area contributed by atoms with Crippen LogP contribution in [0.5, 0.6) is 0 Å². The van der Waals surface area contributed by atoms with Crippen LogP contribution in [-0.2, 0) is 16.1 Å². The van der Waals surface area contributed by atoms with E-state index in [0.29, 0.717) is 18.7 Å². The van der Waals surface area contributed by atoms with Crippen molar-refractivity contribution in [3.05, 3.63) is 18.2 Å². The van der Waals surface area contributed by atoms with Gasteiger partial charge in [-0.15, -0.1) is 0 Å². The Labute approximate surface area is 106 Å². The molecule has 1 amide bonds. The van der Waals surface area contributed by atoms with E-state index >= 15 is 0 Å². The van der Waals surface area contributed by atoms with Crippen LogP contribution >= 0.6 is 0 Å². The van der Waals surface area contributed by atoms with Gasteiger partial charge < -0.3 is 15.4 Å². The topological polar surface area (TPSA) is 95.1 Å². The molecule has 1 heterocycles. The monoisotopic (exact) mass is 253 g/mol. The van der Waals surface area contributed by atoms with E-state index in [0.717, 1.165) is 0 Å². The van der Waals surface area contributed by atoms with Crippen molar-refractivity contribution >= 4 is 11.9 Å². The van der Waals surface area contributed by atoms with Crippen molar-refractivity contribution in [2.75, 3.05) is 0 Å². The summed E-state index contributed by atoms with van der Waals surface area (Å²) in [7, 11) is 0. The first-order valence-corrected chi connectivity index (χ1v) is 6.02. The van der Waals surface area contributed by atoms with Crippen molar-refractivity contribution in [3.8, 4) is 0 Å². The van der Waals surface area contributed by atoms with Gasteiger partial charge in [-0.05, 0) is 12.8 Å². The Bertz CT molecular complexity index is 397. The summed E-state index contributed by atoms with van der Waals surface area (Å²) in [6.07, 6.45) is 4.14. The quantitative estimate of drug-likeness (QED) is 0.682. The Morgan fingerprint density at radius 1 is 1.44 bits per heavy atom. The Morgan fingerprint density at radius 3 is 2.56 bits per heavy atom. The van der Waals surface area contributed by atoms with E-state index in [2.05, 4.69) is 15.3 Å². The Morgan fingerprint density at radius 2 is 2.11 bits per heavy atom. The second kappa shape index (κ2) is 6.18. The number of aromatic amines is 1. The maximum atomic E-state index is 11.8. The minimum atomic E-state index is -0.965. The molecule has 0 bridgehead atoms. The van der Waals surface area contributed by atoms with Gasteiger partial charge in [0.1, 0.15) is 5.82 Å². The number of nitrogens with zero attached hydrogens (tertiary/aromatic N) is 1. The van der Waals surface area contributed by atoms with Crippen LogP contribution in [0.3, 0.4) is 0 Å². The molecular formula is C12H19N3O3. The van der Waals surface area contributed by atoms with Gasteiger partial charge in [0, 0.05) is 18.8 Å². The van der Waals surface area contributed by atoms with E-state index in [9.17, 15) is 14.7 Å². The molecule has 18 heavy (non-hydrogen) atoms. The highest BCUT2D eigenvalue weighted by Gasteiger charge is 2.36. The zero-order chi connectivity index (χ0) is 13.6. The van der Waals surface area contributed by atoms with Gasteiger partial charge in [-0.1, -0.05) is 13.8 Å². The number of H-pyrrole nitrogens is 1. The van der Waals surface area contributed by atoms with Crippen molar-refractivity contribution in [2.45, 2.75) is 39.7 Å². The standard InChI is InChI=1S/C12H19N3O3/c1-3-12(4-2,11(17)18)7-10(16)15-8-9-13-5-6-14-9/h5-6H,3-4,7-8H2,1-2H3,(H,13,14)(H,15,16)(H,17,18). The molecule has 1 aromatic rings. The lowest BCUT2D eigenvalue weighted by atomic mass is 9.79. The fourth-order valence-electron chi connectivity index (χ4n) is 1.82. The van der Waals surface area contributed by atoms with Gasteiger partial charge in [-0.25, -0.2) is 4.98 Å². The molecule has 1 aromatic heterocycles. The summed E-state index contributed by atoms with van der Waals surface area (Å²) in [6, 6.07) is 0. The summed E-state index contributed by atoms with van der Waals surface area (Å²) in [5.41, 5.74) is -0.965. The van der Waals surface area contributed by atoms with E-state index in [-0.39, 0.29) is 18.9 Å². The molecule has 0 aliphatic rings. The summed E-state index contributed by atoms with van der Waals surface area (Å²) in [4.78, 5) is 29.9. The Hall–Kier alpha value is -1.85. The summed E-state index contributed by atoms with van der Waals surface area (Å²) in [5.74, 6) is -0.532. The lowest BCUT2D eigenvalue weighted by Gasteiger charge is -2.25. The third-order valence-corrected chi connectivity index (χ3v) is 3.31. The van der Waals surface area contributed by atoms with Crippen molar-refractivity contribution in [1.82, 2.24) is 15.3 Å². The van der Waals surface area contributed by atoms with Gasteiger partial charge in [-0.2, -0.15) is 0 Å². The average molecular weight is 253 g/mol. The molecule has 0 aliphatic carbocycles. The van der Waals surface area contributed by atoms with Crippen molar-refractivity contribution in [3.63, 3.8) is 0 Å². The van der Waals surface area contributed by atoms with E-state index in [1.807, 2.05) is 0 Å². The first kappa shape index (κ1) is 14.2. The predicted octanol–water partition coefficient (Wildman–Crippen LogP) is 1.31. The second-order valence-electron chi connectivity index (χ2n) is 4.28. The molecule has 0 radical (unpaired) electrons. The van der Waals surface area contributed by atoms with E-state index in [4.69, 9.17) is 0 Å². The van der Waals surface area contributed by atoms with Crippen LogP contribution < -0.4 is 5.32 Å². The number of carbonyl (C=O) groups is 2. The van der Waals surface area contributed by atoms with E-state index < -0.39 is 11.4 Å². The molecule has 6 heteroatoms. The molecule has 100 valence electrons. The molecule has 3 N–H and O–H groups in total. The molecule has 0 unspecified atom stereocenters. The molecule has 6 nitrogen and oxygen atoms in total. The SMILES string of the molecule is CCC(CC)(CC(=O)NCc1ncc[nH]1)C(=O)O. The van der Waals surface area contributed by atoms with Crippen LogP contribution in [0.2, 0.25) is 0 Å². The molecule has 0 spiro atoms. The van der Waals surface area contributed by atoms with Gasteiger partial charge in [0.05, 0.1) is 12.0 Å². The fourth-order valence-corrected chi connectivity index (χ4v) is 1.82. The fraction of sp³-hybridized carbons (Fsp3) is 0.583. The number of hydrogen-bond donors (Lipinski definition) is 3. The van der Waals surface area contributed by atoms with Gasteiger partial charge in [0.15, 0.2) is 0 Å². The maximum absolute atomic E-state index is 11.8. The lowest BCUT2D eigenvalue weighted by molar-refractivity contribution is -0.152. The number of amides is 1. The molecule has 0 aliphatic heterocycles. The molecule has 0 saturated carbocycles. The molecule has 0 aromatic carbocycles. The molecule has 0 saturated heterocycles. The van der Waals surface area contributed by atoms with E-state index in [1.165, 1.54) is 0 Å². The van der Waals surface area contributed by atoms with Gasteiger partial charge in [-0.3, -0.25) is 9.59 Å². The second-order valence-corrected chi connectivity index (χ2v) is 4.28. The molecule has 1 rings (SSSR count). The number of imidazole rings is 1. The lowest BCUT2D eigenvalue weighted by Crippen LogP contribution is -2.36. The highest BCUT2D eigenvalue weighted by atomic mass is 16.4. The first-order chi connectivity index (χ1) is 8.54. The number of carbonyl (C=O) groups excluding carboxylic acids is 1. The number of carboxylic acids is 1. The zero-order valence-electron chi connectivity index (χ0n) is 10.7. The number of carboxylic acid groups (broad SMARTS) is 1. The van der Waals surface area contributed by atoms with Crippen LogP contribution in [0.1, 0.15) is 38.9 Å². The Kier molecular flexibility index (Phi) is 4.88. The minimum absolute atomic E-state index is 0.00393. The largest absolute Gasteiger partial charge is 0.481 e. The molecule has 0 atom stereocenters. The number of hydrogen-bond acceptors (Lipinski definition) is 3. The van der Waals surface area contributed by atoms with Crippen LogP contribution in [0.15, 0.2) is 12.4 Å². The van der Waals surface area contributed by atoms with Crippen molar-refractivity contribution in [1.29, 1.82) is 0 Å². The van der Waals surface area contributed by atoms with E-state index in [1.54, 1.807) is 26.2 Å². The predicted molar refractivity (Wildman–Crippen MR) is 65.7 cm³/mol. The number of aromatic nitrogens is 2. The van der Waals surface area contributed by atoms with Crippen LogP contribution in [0.4, 0.5) is 0 Å². The normalized spacial score (nSPS) is 11.2. The highest BCUT2D eigenvalue weighted by molar-refractivity contribution is 5.84. The third kappa shape index (κ3) is 3.32. The highest BCUT2D eigenvalue weighted by Crippen LogP contribution is 2.30. The van der Waals surface area contributed by atoms with Crippen molar-refractivity contribution in [2.24, 2.45) is 5.41 Å². The number of aliphatic carboxylic acids is 1. The summed E-state index contributed by atoms with van der Waals surface area (Å²) in [5, 5.41) is 11.9. The van der Waals surface area contributed by atoms with Crippen molar-refractivity contribution < 1.29 is 14.7 Å².